The molecule has 1 aromatic heterocycles. The van der Waals surface area contributed by atoms with Crippen LogP contribution in [0.3, 0.4) is 0 Å². The summed E-state index contributed by atoms with van der Waals surface area (Å²) in [6, 6.07) is 17.3. The maximum atomic E-state index is 12.5. The second kappa shape index (κ2) is 8.93. The summed E-state index contributed by atoms with van der Waals surface area (Å²) in [5.74, 6) is 1.50. The lowest BCUT2D eigenvalue weighted by atomic mass is 10.2. The molecule has 0 aliphatic rings. The van der Waals surface area contributed by atoms with E-state index in [4.69, 9.17) is 4.74 Å². The molecule has 0 aliphatic heterocycles. The van der Waals surface area contributed by atoms with Crippen LogP contribution < -0.4 is 10.1 Å². The van der Waals surface area contributed by atoms with Crippen molar-refractivity contribution >= 4 is 23.4 Å². The molecule has 0 saturated carbocycles. The Bertz CT molecular complexity index is 923. The van der Waals surface area contributed by atoms with Gasteiger partial charge in [-0.15, -0.1) is 10.2 Å². The first-order chi connectivity index (χ1) is 13.5. The van der Waals surface area contributed by atoms with Gasteiger partial charge in [0.2, 0.25) is 5.91 Å². The number of aromatic nitrogens is 3. The molecule has 0 unspecified atom stereocenters. The molecular formula is C21H24N4O2S. The van der Waals surface area contributed by atoms with Gasteiger partial charge in [0.25, 0.3) is 0 Å². The first-order valence-electron chi connectivity index (χ1n) is 9.11. The number of ether oxygens (including phenoxy) is 1. The summed E-state index contributed by atoms with van der Waals surface area (Å²) in [6.07, 6.45) is 0. The van der Waals surface area contributed by atoms with Crippen molar-refractivity contribution in [3.63, 3.8) is 0 Å². The fourth-order valence-corrected chi connectivity index (χ4v) is 3.72. The number of carbonyl (C=O) groups excluding carboxylic acids is 1. The molecule has 1 heterocycles. The minimum atomic E-state index is -0.314. The maximum absolute atomic E-state index is 12.5. The highest BCUT2D eigenvalue weighted by atomic mass is 32.2. The molecule has 0 spiro atoms. The van der Waals surface area contributed by atoms with Gasteiger partial charge in [-0.25, -0.2) is 0 Å². The van der Waals surface area contributed by atoms with Gasteiger partial charge in [0.1, 0.15) is 5.75 Å². The molecule has 0 saturated heterocycles. The van der Waals surface area contributed by atoms with E-state index in [2.05, 4.69) is 33.9 Å². The molecule has 6 nitrogen and oxygen atoms in total. The van der Waals surface area contributed by atoms with E-state index in [0.717, 1.165) is 28.0 Å². The Hall–Kier alpha value is -2.80. The zero-order chi connectivity index (χ0) is 20.1. The first-order valence-corrected chi connectivity index (χ1v) is 9.99. The van der Waals surface area contributed by atoms with Crippen molar-refractivity contribution < 1.29 is 9.53 Å². The van der Waals surface area contributed by atoms with E-state index in [1.54, 1.807) is 7.11 Å². The van der Waals surface area contributed by atoms with Crippen LogP contribution in [0.4, 0.5) is 5.69 Å². The predicted molar refractivity (Wildman–Crippen MR) is 113 cm³/mol. The minimum absolute atomic E-state index is 0.0690. The molecule has 2 aromatic carbocycles. The average Bonchev–Trinajstić information content (AvgIpc) is 3.12. The summed E-state index contributed by atoms with van der Waals surface area (Å²) in [6.45, 7) is 6.03. The Morgan fingerprint density at radius 3 is 2.32 bits per heavy atom. The quantitative estimate of drug-likeness (QED) is 0.589. The fraction of sp³-hybridized carbons (Fsp3) is 0.286. The van der Waals surface area contributed by atoms with Gasteiger partial charge >= 0.3 is 0 Å². The summed E-state index contributed by atoms with van der Waals surface area (Å²) in [7, 11) is 1.64. The summed E-state index contributed by atoms with van der Waals surface area (Å²) in [5, 5.41) is 12.1. The third-order valence-electron chi connectivity index (χ3n) is 4.22. The molecule has 3 rings (SSSR count). The Balaban J connectivity index is 1.79. The monoisotopic (exact) mass is 396 g/mol. The molecule has 3 aromatic rings. The molecule has 1 atom stereocenters. The van der Waals surface area contributed by atoms with Crippen LogP contribution in [0.25, 0.3) is 11.4 Å². The number of amides is 1. The Labute approximate surface area is 169 Å². The van der Waals surface area contributed by atoms with Gasteiger partial charge in [-0.1, -0.05) is 30.0 Å². The minimum Gasteiger partial charge on any atom is -0.497 e. The van der Waals surface area contributed by atoms with Crippen molar-refractivity contribution in [3.8, 4) is 17.1 Å². The Kier molecular flexibility index (Phi) is 6.36. The van der Waals surface area contributed by atoms with Crippen molar-refractivity contribution in [2.24, 2.45) is 0 Å². The number of nitrogens with zero attached hydrogens (tertiary/aromatic N) is 3. The largest absolute Gasteiger partial charge is 0.497 e. The molecule has 0 radical (unpaired) electrons. The number of thioether (sulfide) groups is 1. The van der Waals surface area contributed by atoms with Gasteiger partial charge in [-0.3, -0.25) is 9.36 Å². The molecular weight excluding hydrogens is 372 g/mol. The van der Waals surface area contributed by atoms with Crippen LogP contribution in [0.2, 0.25) is 0 Å². The molecule has 7 heteroatoms. The second-order valence-corrected chi connectivity index (χ2v) is 7.92. The molecule has 0 aliphatic carbocycles. The average molecular weight is 397 g/mol. The van der Waals surface area contributed by atoms with Crippen molar-refractivity contribution in [1.82, 2.24) is 14.8 Å². The van der Waals surface area contributed by atoms with E-state index in [-0.39, 0.29) is 17.2 Å². The Morgan fingerprint density at radius 1 is 1.04 bits per heavy atom. The molecule has 1 N–H and O–H groups in total. The van der Waals surface area contributed by atoms with E-state index < -0.39 is 0 Å². The first kappa shape index (κ1) is 19.9. The number of benzene rings is 2. The van der Waals surface area contributed by atoms with Gasteiger partial charge in [-0.05, 0) is 57.2 Å². The number of nitrogens with one attached hydrogen (secondary N) is 1. The Morgan fingerprint density at radius 2 is 1.71 bits per heavy atom. The highest BCUT2D eigenvalue weighted by molar-refractivity contribution is 8.00. The normalized spacial score (nSPS) is 12.0. The standard InChI is InChI=1S/C21H24N4O2S/c1-14(2)25-19(16-10-12-18(27-4)13-11-16)23-24-21(25)28-15(3)20(26)22-17-8-6-5-7-9-17/h5-15H,1-4H3,(H,22,26)/t15-/m0/s1. The summed E-state index contributed by atoms with van der Waals surface area (Å²) >= 11 is 1.40. The third-order valence-corrected chi connectivity index (χ3v) is 5.28. The molecule has 146 valence electrons. The van der Waals surface area contributed by atoms with E-state index in [9.17, 15) is 4.79 Å². The smallest absolute Gasteiger partial charge is 0.237 e. The topological polar surface area (TPSA) is 69.0 Å². The van der Waals surface area contributed by atoms with Gasteiger partial charge in [0.05, 0.1) is 12.4 Å². The van der Waals surface area contributed by atoms with Gasteiger partial charge < -0.3 is 10.1 Å². The molecule has 1 amide bonds. The number of rotatable bonds is 7. The predicted octanol–water partition coefficient (Wildman–Crippen LogP) is 4.65. The fourth-order valence-electron chi connectivity index (χ4n) is 2.74. The third kappa shape index (κ3) is 4.54. The van der Waals surface area contributed by atoms with Crippen LogP contribution in [0.1, 0.15) is 26.8 Å². The maximum Gasteiger partial charge on any atom is 0.237 e. The SMILES string of the molecule is COc1ccc(-c2nnc(S[C@@H](C)C(=O)Nc3ccccc3)n2C(C)C)cc1. The van der Waals surface area contributed by atoms with E-state index >= 15 is 0 Å². The van der Waals surface area contributed by atoms with Crippen LogP contribution in [0.15, 0.2) is 59.8 Å². The van der Waals surface area contributed by atoms with Crippen molar-refractivity contribution in [2.45, 2.75) is 37.2 Å². The van der Waals surface area contributed by atoms with Crippen LogP contribution in [-0.2, 0) is 4.79 Å². The number of hydrogen-bond donors (Lipinski definition) is 1. The van der Waals surface area contributed by atoms with Crippen molar-refractivity contribution in [3.05, 3.63) is 54.6 Å². The summed E-state index contributed by atoms with van der Waals surface area (Å²) < 4.78 is 7.28. The van der Waals surface area contributed by atoms with Crippen LogP contribution in [0, 0.1) is 0 Å². The molecule has 28 heavy (non-hydrogen) atoms. The van der Waals surface area contributed by atoms with Crippen LogP contribution in [-0.4, -0.2) is 33.0 Å². The number of carbonyl (C=O) groups is 1. The number of para-hydroxylation sites is 1. The number of hydrogen-bond acceptors (Lipinski definition) is 5. The van der Waals surface area contributed by atoms with Crippen molar-refractivity contribution in [2.75, 3.05) is 12.4 Å². The zero-order valence-corrected chi connectivity index (χ0v) is 17.2. The number of methoxy groups -OCH3 is 1. The van der Waals surface area contributed by atoms with E-state index in [0.29, 0.717) is 0 Å². The van der Waals surface area contributed by atoms with Crippen molar-refractivity contribution in [1.29, 1.82) is 0 Å². The summed E-state index contributed by atoms with van der Waals surface area (Å²) in [4.78, 5) is 12.5. The molecule has 0 bridgehead atoms. The van der Waals surface area contributed by atoms with Crippen LogP contribution >= 0.6 is 11.8 Å². The summed E-state index contributed by atoms with van der Waals surface area (Å²) in [5.41, 5.74) is 1.74. The zero-order valence-electron chi connectivity index (χ0n) is 16.4. The van der Waals surface area contributed by atoms with Gasteiger partial charge in [0.15, 0.2) is 11.0 Å². The second-order valence-electron chi connectivity index (χ2n) is 6.61. The highest BCUT2D eigenvalue weighted by Crippen LogP contribution is 2.31. The lowest BCUT2D eigenvalue weighted by molar-refractivity contribution is -0.115. The van der Waals surface area contributed by atoms with E-state index in [1.165, 1.54) is 11.8 Å². The van der Waals surface area contributed by atoms with E-state index in [1.807, 2.05) is 61.5 Å². The van der Waals surface area contributed by atoms with Gasteiger partial charge in [-0.2, -0.15) is 0 Å². The van der Waals surface area contributed by atoms with Gasteiger partial charge in [0, 0.05) is 17.3 Å². The van der Waals surface area contributed by atoms with Crippen LogP contribution in [0.5, 0.6) is 5.75 Å². The molecule has 0 fully saturated rings. The highest BCUT2D eigenvalue weighted by Gasteiger charge is 2.22. The number of anilines is 1. The lowest BCUT2D eigenvalue weighted by Gasteiger charge is -2.16. The lowest BCUT2D eigenvalue weighted by Crippen LogP contribution is -2.23.